The fourth-order valence-electron chi connectivity index (χ4n) is 4.98. The Bertz CT molecular complexity index is 1090. The lowest BCUT2D eigenvalue weighted by atomic mass is 9.55. The molecule has 2 atom stereocenters. The van der Waals surface area contributed by atoms with E-state index in [-0.39, 0.29) is 23.4 Å². The molecule has 0 unspecified atom stereocenters. The van der Waals surface area contributed by atoms with E-state index in [1.54, 1.807) is 11.9 Å². The number of carbonyl (C=O) groups excluding carboxylic acids is 1. The molecular formula is C25H26F5NO3S. The van der Waals surface area contributed by atoms with Crippen molar-refractivity contribution in [3.8, 4) is 0 Å². The zero-order valence-corrected chi connectivity index (χ0v) is 20.1. The summed E-state index contributed by atoms with van der Waals surface area (Å²) in [6.45, 7) is 2.07. The lowest BCUT2D eigenvalue weighted by Gasteiger charge is -2.51. The van der Waals surface area contributed by atoms with Crippen molar-refractivity contribution in [1.29, 1.82) is 0 Å². The maximum atomic E-state index is 15.2. The van der Waals surface area contributed by atoms with E-state index >= 15 is 8.78 Å². The average Bonchev–Trinajstić information content (AvgIpc) is 2.79. The van der Waals surface area contributed by atoms with Gasteiger partial charge in [0, 0.05) is 41.8 Å². The van der Waals surface area contributed by atoms with E-state index in [4.69, 9.17) is 0 Å². The second-order valence-electron chi connectivity index (χ2n) is 9.39. The van der Waals surface area contributed by atoms with Gasteiger partial charge in [-0.25, -0.2) is 13.1 Å². The first kappa shape index (κ1) is 25.9. The standard InChI is InChI=1S/C25H26F5NO3S/c1-15-8-9-21(16-6-4-3-5-7-16)35-31(15)12-17-10-20(27)18(11-19(17)26)23(22(32)34-2)13-24(33,14-23)25(28,29)30/h3-7,10-11,15,21,33H,8-9,12-14H2,1-2H3/t15-,21+,23?,24?/m0/s1. The third kappa shape index (κ3) is 4.68. The fourth-order valence-corrected chi connectivity index (χ4v) is 6.35. The van der Waals surface area contributed by atoms with Gasteiger partial charge < -0.3 is 9.84 Å². The van der Waals surface area contributed by atoms with Gasteiger partial charge in [0.05, 0.1) is 7.11 Å². The van der Waals surface area contributed by atoms with Crippen molar-refractivity contribution < 1.29 is 36.6 Å². The quantitative estimate of drug-likeness (QED) is 0.308. The minimum absolute atomic E-state index is 0.0322. The first-order valence-corrected chi connectivity index (χ1v) is 12.1. The monoisotopic (exact) mass is 515 g/mol. The third-order valence-electron chi connectivity index (χ3n) is 7.04. The number of methoxy groups -OCH3 is 1. The molecule has 0 amide bonds. The summed E-state index contributed by atoms with van der Waals surface area (Å²) in [4.78, 5) is 12.4. The molecule has 4 nitrogen and oxygen atoms in total. The largest absolute Gasteiger partial charge is 0.468 e. The topological polar surface area (TPSA) is 49.8 Å². The second-order valence-corrected chi connectivity index (χ2v) is 10.6. The van der Waals surface area contributed by atoms with E-state index in [1.807, 2.05) is 41.6 Å². The molecule has 1 saturated carbocycles. The molecule has 0 aromatic heterocycles. The molecule has 190 valence electrons. The number of carbonyl (C=O) groups is 1. The number of rotatable bonds is 5. The molecule has 1 aliphatic carbocycles. The van der Waals surface area contributed by atoms with E-state index in [0.717, 1.165) is 37.6 Å². The van der Waals surface area contributed by atoms with Crippen LogP contribution in [0, 0.1) is 11.6 Å². The number of halogens is 5. The lowest BCUT2D eigenvalue weighted by molar-refractivity contribution is -0.303. The second kappa shape index (κ2) is 9.37. The zero-order valence-electron chi connectivity index (χ0n) is 19.2. The van der Waals surface area contributed by atoms with Crippen molar-refractivity contribution in [2.75, 3.05) is 7.11 Å². The first-order valence-electron chi connectivity index (χ1n) is 11.2. The Balaban J connectivity index is 1.59. The number of esters is 1. The highest BCUT2D eigenvalue weighted by molar-refractivity contribution is 7.97. The Morgan fingerprint density at radius 3 is 2.40 bits per heavy atom. The smallest absolute Gasteiger partial charge is 0.417 e. The normalized spacial score (nSPS) is 29.5. The number of benzene rings is 2. The van der Waals surface area contributed by atoms with Crippen molar-refractivity contribution in [3.05, 3.63) is 70.8 Å². The molecule has 1 saturated heterocycles. The summed E-state index contributed by atoms with van der Waals surface area (Å²) in [5.74, 6) is -2.99. The summed E-state index contributed by atoms with van der Waals surface area (Å²) in [7, 11) is 0.954. The van der Waals surface area contributed by atoms with E-state index in [0.29, 0.717) is 0 Å². The summed E-state index contributed by atoms with van der Waals surface area (Å²) >= 11 is 1.55. The van der Waals surface area contributed by atoms with E-state index in [9.17, 15) is 23.1 Å². The van der Waals surface area contributed by atoms with Crippen molar-refractivity contribution in [1.82, 2.24) is 4.31 Å². The maximum Gasteiger partial charge on any atom is 0.417 e. The molecule has 0 bridgehead atoms. The van der Waals surface area contributed by atoms with Gasteiger partial charge in [-0.2, -0.15) is 13.2 Å². The average molecular weight is 516 g/mol. The first-order chi connectivity index (χ1) is 16.4. The Hall–Kier alpha value is -2.17. The number of aliphatic hydroxyl groups is 1. The Morgan fingerprint density at radius 1 is 1.14 bits per heavy atom. The molecule has 1 heterocycles. The predicted molar refractivity (Wildman–Crippen MR) is 121 cm³/mol. The number of hydrogen-bond acceptors (Lipinski definition) is 5. The number of nitrogens with zero attached hydrogens (tertiary/aromatic N) is 1. The highest BCUT2D eigenvalue weighted by Crippen LogP contribution is 2.58. The van der Waals surface area contributed by atoms with Crippen molar-refractivity contribution in [3.63, 3.8) is 0 Å². The zero-order chi connectivity index (χ0) is 25.6. The van der Waals surface area contributed by atoms with Crippen LogP contribution in [-0.4, -0.2) is 40.3 Å². The summed E-state index contributed by atoms with van der Waals surface area (Å²) in [6, 6.07) is 11.7. The lowest BCUT2D eigenvalue weighted by Crippen LogP contribution is -2.65. The molecule has 35 heavy (non-hydrogen) atoms. The highest BCUT2D eigenvalue weighted by Gasteiger charge is 2.71. The third-order valence-corrected chi connectivity index (χ3v) is 8.56. The fraction of sp³-hybridized carbons (Fsp3) is 0.480. The Labute approximate surface area is 204 Å². The molecule has 2 aliphatic rings. The highest BCUT2D eigenvalue weighted by atomic mass is 32.2. The van der Waals surface area contributed by atoms with E-state index < -0.39 is 53.2 Å². The van der Waals surface area contributed by atoms with Crippen LogP contribution >= 0.6 is 11.9 Å². The summed E-state index contributed by atoms with van der Waals surface area (Å²) in [5, 5.41) is 10.1. The van der Waals surface area contributed by atoms with Crippen LogP contribution in [0.5, 0.6) is 0 Å². The van der Waals surface area contributed by atoms with Crippen molar-refractivity contribution in [2.45, 2.75) is 67.6 Å². The molecule has 2 fully saturated rings. The number of ether oxygens (including phenoxy) is 1. The van der Waals surface area contributed by atoms with Gasteiger partial charge in [0.2, 0.25) is 0 Å². The van der Waals surface area contributed by atoms with Crippen molar-refractivity contribution >= 4 is 17.9 Å². The van der Waals surface area contributed by atoms with Gasteiger partial charge in [-0.05, 0) is 37.5 Å². The van der Waals surface area contributed by atoms with Gasteiger partial charge >= 0.3 is 12.1 Å². The molecule has 2 aromatic rings. The van der Waals surface area contributed by atoms with Gasteiger partial charge in [-0.3, -0.25) is 4.79 Å². The van der Waals surface area contributed by atoms with Crippen LogP contribution in [0.3, 0.4) is 0 Å². The molecule has 1 N–H and O–H groups in total. The van der Waals surface area contributed by atoms with Crippen LogP contribution in [0.25, 0.3) is 0 Å². The van der Waals surface area contributed by atoms with E-state index in [2.05, 4.69) is 4.74 Å². The summed E-state index contributed by atoms with van der Waals surface area (Å²) < 4.78 is 76.7. The Kier molecular flexibility index (Phi) is 6.93. The number of alkyl halides is 3. The van der Waals surface area contributed by atoms with Crippen LogP contribution in [0.15, 0.2) is 42.5 Å². The van der Waals surface area contributed by atoms with Crippen LogP contribution in [-0.2, 0) is 21.5 Å². The van der Waals surface area contributed by atoms with E-state index in [1.165, 1.54) is 0 Å². The molecule has 1 aliphatic heterocycles. The van der Waals surface area contributed by atoms with Crippen LogP contribution < -0.4 is 0 Å². The van der Waals surface area contributed by atoms with Gasteiger partial charge in [-0.1, -0.05) is 42.3 Å². The van der Waals surface area contributed by atoms with Gasteiger partial charge in [-0.15, -0.1) is 0 Å². The molecular weight excluding hydrogens is 489 g/mol. The van der Waals surface area contributed by atoms with Gasteiger partial charge in [0.1, 0.15) is 17.0 Å². The molecule has 0 spiro atoms. The van der Waals surface area contributed by atoms with Crippen LogP contribution in [0.1, 0.15) is 54.5 Å². The Morgan fingerprint density at radius 2 is 1.80 bits per heavy atom. The molecule has 10 heteroatoms. The maximum absolute atomic E-state index is 15.2. The summed E-state index contributed by atoms with van der Waals surface area (Å²) in [6.07, 6.45) is -5.49. The number of hydrogen-bond donors (Lipinski definition) is 1. The van der Waals surface area contributed by atoms with Crippen LogP contribution in [0.4, 0.5) is 22.0 Å². The van der Waals surface area contributed by atoms with Crippen molar-refractivity contribution in [2.24, 2.45) is 0 Å². The minimum atomic E-state index is -5.02. The predicted octanol–water partition coefficient (Wildman–Crippen LogP) is 5.84. The van der Waals surface area contributed by atoms with Gasteiger partial charge in [0.25, 0.3) is 0 Å². The van der Waals surface area contributed by atoms with Crippen LogP contribution in [0.2, 0.25) is 0 Å². The van der Waals surface area contributed by atoms with Gasteiger partial charge in [0.15, 0.2) is 5.60 Å². The molecule has 0 radical (unpaired) electrons. The SMILES string of the molecule is COC(=O)C1(c2cc(F)c(CN3S[C@@H](c4ccccc4)CC[C@@H]3C)cc2F)CC(O)(C(F)(F)F)C1. The minimum Gasteiger partial charge on any atom is -0.468 e. The molecule has 4 rings (SSSR count). The molecule has 2 aromatic carbocycles. The summed E-state index contributed by atoms with van der Waals surface area (Å²) in [5.41, 5.74) is -4.66.